The number of amides is 4. The Morgan fingerprint density at radius 1 is 0.262 bits per heavy atom. The molecule has 0 radical (unpaired) electrons. The van der Waals surface area contributed by atoms with E-state index in [2.05, 4.69) is 282 Å². The Kier molecular flexibility index (Phi) is 27.5. The first-order valence-corrected chi connectivity index (χ1v) is 48.7. The van der Waals surface area contributed by atoms with Gasteiger partial charge in [-0.15, -0.1) is 10.2 Å². The molecule has 0 atom stereocenters. The van der Waals surface area contributed by atoms with Crippen LogP contribution in [-0.4, -0.2) is 76.8 Å². The average Bonchev–Trinajstić information content (AvgIpc) is 0.870. The van der Waals surface area contributed by atoms with Gasteiger partial charge in [-0.05, 0) is 208 Å². The minimum Gasteiger partial charge on any atom is -0.494 e. The molecule has 21 aromatic rings. The molecular formula is C123H100N12O10. The van der Waals surface area contributed by atoms with E-state index in [1.165, 1.54) is 33.4 Å². The van der Waals surface area contributed by atoms with Crippen LogP contribution in [0.15, 0.2) is 422 Å². The number of nitrogens with zero attached hydrogens (tertiary/aromatic N) is 8. The summed E-state index contributed by atoms with van der Waals surface area (Å²) in [6.45, 7) is 3.66. The zero-order chi connectivity index (χ0) is 98.3. The molecule has 0 saturated carbocycles. The topological polar surface area (TPSA) is 271 Å². The Labute approximate surface area is 836 Å². The maximum Gasteiger partial charge on any atom is 0.270 e. The van der Waals surface area contributed by atoms with Gasteiger partial charge in [0.2, 0.25) is 5.43 Å². The van der Waals surface area contributed by atoms with Crippen molar-refractivity contribution < 1.29 is 42.5 Å². The monoisotopic (exact) mass is 1900 g/mol. The third-order valence-electron chi connectivity index (χ3n) is 26.9. The molecule has 22 heteroatoms. The second kappa shape index (κ2) is 42.8. The fourth-order valence-electron chi connectivity index (χ4n) is 20.0. The van der Waals surface area contributed by atoms with E-state index in [4.69, 9.17) is 23.4 Å². The molecule has 4 amide bonds. The van der Waals surface area contributed by atoms with Crippen LogP contribution in [0, 0.1) is 0 Å². The third kappa shape index (κ3) is 19.8. The van der Waals surface area contributed by atoms with Crippen molar-refractivity contribution in [1.82, 2.24) is 61.2 Å². The fraction of sp³-hybridized carbons (Fsp3) is 0.130. The molecule has 0 unspecified atom stereocenters. The number of carbonyl (C=O) groups is 4. The summed E-state index contributed by atoms with van der Waals surface area (Å²) >= 11 is 0. The van der Waals surface area contributed by atoms with Crippen molar-refractivity contribution in [3.63, 3.8) is 0 Å². The molecule has 0 spiro atoms. The van der Waals surface area contributed by atoms with Gasteiger partial charge < -0.3 is 44.6 Å². The molecule has 16 aromatic carbocycles. The van der Waals surface area contributed by atoms with E-state index in [0.29, 0.717) is 71.1 Å². The lowest BCUT2D eigenvalue weighted by molar-refractivity contribution is 0.0925. The van der Waals surface area contributed by atoms with E-state index in [9.17, 15) is 24.0 Å². The molecule has 712 valence electrons. The second-order valence-electron chi connectivity index (χ2n) is 35.8. The van der Waals surface area contributed by atoms with Crippen LogP contribution in [0.2, 0.25) is 0 Å². The number of benzene rings is 16. The van der Waals surface area contributed by atoms with Crippen molar-refractivity contribution in [1.29, 1.82) is 0 Å². The van der Waals surface area contributed by atoms with Crippen LogP contribution in [0.4, 0.5) is 0 Å². The minimum absolute atomic E-state index is 0.118. The summed E-state index contributed by atoms with van der Waals surface area (Å²) in [6.07, 6.45) is 7.16. The quantitative estimate of drug-likeness (QED) is 0.0223. The van der Waals surface area contributed by atoms with Crippen molar-refractivity contribution in [2.24, 2.45) is 0 Å². The van der Waals surface area contributed by atoms with Gasteiger partial charge in [0.15, 0.2) is 0 Å². The number of aryl methyl sites for hydroxylation is 2. The van der Waals surface area contributed by atoms with E-state index < -0.39 is 34.5 Å². The summed E-state index contributed by atoms with van der Waals surface area (Å²) in [6, 6.07) is 133. The highest BCUT2D eigenvalue weighted by atomic mass is 16.5. The SMILES string of the molecule is O=C1NCc2c3ccccc3c(c3ccccc23)CNC(=O)c2cccc(n2)C(=O)NCc2c3ccccc3c(c3ccccc23)CNC(=O)c2cccc1n2.O=c1c2ccc(OCc3cn(CCCCOc4ccc(C(c5ccccc5)(c5ccccc5)c5ccccc5)cc4)nn3)cc2oc2cc(OCc3cn(CCCCOc4ccc(C(c5ccccc5)(c5ccccc5)c5ccccc5)cc4)nn3)ccc12. The minimum atomic E-state index is -0.506. The van der Waals surface area contributed by atoms with Gasteiger partial charge in [0.25, 0.3) is 23.6 Å². The van der Waals surface area contributed by atoms with Crippen molar-refractivity contribution in [2.45, 2.75) is 89.0 Å². The number of fused-ring (bicyclic) bond motifs is 12. The average molecular weight is 1910 g/mol. The fourth-order valence-corrected chi connectivity index (χ4v) is 20.0. The molecule has 0 aliphatic carbocycles. The summed E-state index contributed by atoms with van der Waals surface area (Å²) in [7, 11) is 0. The maximum absolute atomic E-state index is 13.6. The Balaban J connectivity index is 0.000000189. The van der Waals surface area contributed by atoms with Gasteiger partial charge in [-0.2, -0.15) is 0 Å². The number of rotatable bonds is 26. The van der Waals surface area contributed by atoms with Crippen molar-refractivity contribution >= 4 is 88.7 Å². The zero-order valence-electron chi connectivity index (χ0n) is 79.3. The van der Waals surface area contributed by atoms with Crippen LogP contribution in [0.5, 0.6) is 23.0 Å². The molecule has 0 fully saturated rings. The van der Waals surface area contributed by atoms with Crippen LogP contribution in [0.25, 0.3) is 65.0 Å². The van der Waals surface area contributed by atoms with E-state index in [0.717, 1.165) is 114 Å². The summed E-state index contributed by atoms with van der Waals surface area (Å²) in [4.78, 5) is 77.1. The number of hydrogen-bond donors (Lipinski definition) is 4. The lowest BCUT2D eigenvalue weighted by atomic mass is 9.65. The van der Waals surface area contributed by atoms with Gasteiger partial charge in [-0.1, -0.05) is 326 Å². The molecule has 22 nitrogen and oxygen atoms in total. The van der Waals surface area contributed by atoms with E-state index >= 15 is 0 Å². The lowest BCUT2D eigenvalue weighted by Gasteiger charge is -2.36. The Bertz CT molecular complexity index is 7350. The molecule has 1 aliphatic rings. The largest absolute Gasteiger partial charge is 0.494 e. The predicted octanol–water partition coefficient (Wildman–Crippen LogP) is 22.9. The number of hydrogen-bond acceptors (Lipinski definition) is 16. The van der Waals surface area contributed by atoms with Gasteiger partial charge in [0.1, 0.15) is 81.5 Å². The molecule has 22 rings (SSSR count). The smallest absolute Gasteiger partial charge is 0.270 e. The molecule has 5 aromatic heterocycles. The van der Waals surface area contributed by atoms with Crippen LogP contribution < -0.4 is 45.6 Å². The van der Waals surface area contributed by atoms with Crippen LogP contribution in [0.1, 0.15) is 146 Å². The van der Waals surface area contributed by atoms with Gasteiger partial charge in [-0.25, -0.2) is 9.97 Å². The van der Waals surface area contributed by atoms with Crippen LogP contribution in [-0.2, 0) is 63.3 Å². The third-order valence-corrected chi connectivity index (χ3v) is 26.9. The van der Waals surface area contributed by atoms with E-state index in [1.54, 1.807) is 72.8 Å². The van der Waals surface area contributed by atoms with Crippen molar-refractivity contribution in [3.05, 3.63) is 524 Å². The first-order chi connectivity index (χ1) is 71.4. The van der Waals surface area contributed by atoms with E-state index in [-0.39, 0.29) is 67.6 Å². The molecular weight excluding hydrogens is 1810 g/mol. The Morgan fingerprint density at radius 3 is 0.793 bits per heavy atom. The second-order valence-corrected chi connectivity index (χ2v) is 35.8. The number of ether oxygens (including phenoxy) is 4. The van der Waals surface area contributed by atoms with Gasteiger partial charge in [0, 0.05) is 51.4 Å². The van der Waals surface area contributed by atoms with Gasteiger partial charge in [0.05, 0.1) is 47.2 Å². The number of unbranched alkanes of at least 4 members (excludes halogenated alkanes) is 2. The number of carbonyl (C=O) groups excluding carboxylic acids is 4. The highest BCUT2D eigenvalue weighted by Crippen LogP contribution is 2.48. The van der Waals surface area contributed by atoms with Crippen LogP contribution in [0.3, 0.4) is 0 Å². The van der Waals surface area contributed by atoms with Crippen LogP contribution >= 0.6 is 0 Å². The normalized spacial score (nSPS) is 12.6. The zero-order valence-corrected chi connectivity index (χ0v) is 79.3. The Morgan fingerprint density at radius 2 is 0.517 bits per heavy atom. The summed E-state index contributed by atoms with van der Waals surface area (Å²) in [5.41, 5.74) is 14.6. The molecule has 0 saturated heterocycles. The summed E-state index contributed by atoms with van der Waals surface area (Å²) in [5.74, 6) is 1.05. The lowest BCUT2D eigenvalue weighted by Crippen LogP contribution is -2.30. The summed E-state index contributed by atoms with van der Waals surface area (Å²) < 4.78 is 34.7. The van der Waals surface area contributed by atoms with Crippen molar-refractivity contribution in [2.75, 3.05) is 13.2 Å². The number of aromatic nitrogens is 8. The highest BCUT2D eigenvalue weighted by molar-refractivity contribution is 6.09. The standard InChI is InChI=1S/C77H66N6O6.C46H34N6O4/c84-75-71-45-43-69(87-55-65-53-82(80-78-65)47-19-21-49-85-67-39-35-63(36-40-67)76(57-23-7-1-8-24-57,58-25-9-2-10-26-58)59-27-11-3-12-28-59)51-73(71)89-74-52-70(44-46-72(74)75)88-56-66-54-83(81-79-66)48-20-22-50-86-68-41-37-64(38-42-68)77(60-29-13-4-14-30-60,61-31-15-5-16-32-61)62-33-17-6-18-34-62;53-43-39-19-9-21-41(51-39)45(55)49-25-37-31-15-5-7-17-33(31)38(34-18-8-6-16-32(34)37)26-50-46(56)42-22-10-20-40(52-42)44(54)48-24-36-28-12-2-1-11-27(28)35(23-47-43)29-13-3-4-14-30(29)36/h1-18,23-46,51-54H,19-22,47-50,55-56H2;1-22H,23-26H2,(H,47,53)(H,48,54)(H,49,55)(H,50,56). The van der Waals surface area contributed by atoms with Crippen molar-refractivity contribution in [3.8, 4) is 23.0 Å². The maximum atomic E-state index is 13.6. The van der Waals surface area contributed by atoms with Gasteiger partial charge in [-0.3, -0.25) is 33.3 Å². The molecule has 145 heavy (non-hydrogen) atoms. The molecule has 1 aliphatic heterocycles. The highest BCUT2D eigenvalue weighted by Gasteiger charge is 2.40. The first-order valence-electron chi connectivity index (χ1n) is 48.7. The molecule has 6 heterocycles. The molecule has 4 N–H and O–H groups in total. The first kappa shape index (κ1) is 93.0. The summed E-state index contributed by atoms with van der Waals surface area (Å²) in [5, 5.41) is 37.8. The van der Waals surface area contributed by atoms with Gasteiger partial charge >= 0.3 is 0 Å². The Hall–Kier alpha value is -18.3. The number of nitrogens with one attached hydrogen (secondary N) is 4. The predicted molar refractivity (Wildman–Crippen MR) is 564 cm³/mol. The van der Waals surface area contributed by atoms with E-state index in [1.807, 2.05) is 119 Å². The molecule has 8 bridgehead atoms. The number of pyridine rings is 2.